The largest absolute Gasteiger partial charge is 0.482 e. The lowest BCUT2D eigenvalue weighted by Crippen LogP contribution is -2.08. The van der Waals surface area contributed by atoms with Crippen LogP contribution in [0.25, 0.3) is 0 Å². The predicted octanol–water partition coefficient (Wildman–Crippen LogP) is 5.01. The summed E-state index contributed by atoms with van der Waals surface area (Å²) in [5.41, 5.74) is 6.87. The second-order valence-corrected chi connectivity index (χ2v) is 5.56. The molecule has 0 unspecified atom stereocenters. The number of nitrogens with zero attached hydrogens (tertiary/aromatic N) is 1. The zero-order chi connectivity index (χ0) is 17.0. The minimum absolute atomic E-state index is 0.0709. The highest BCUT2D eigenvalue weighted by atomic mass is 35.5. The highest BCUT2D eigenvalue weighted by Crippen LogP contribution is 2.35. The number of hydrogen-bond donors (Lipinski definition) is 1. The number of nitrogen functional groups attached to an aromatic ring is 1. The van der Waals surface area contributed by atoms with Gasteiger partial charge in [-0.15, -0.1) is 0 Å². The van der Waals surface area contributed by atoms with Crippen molar-refractivity contribution in [3.63, 3.8) is 0 Å². The predicted molar refractivity (Wildman–Crippen MR) is 91.3 cm³/mol. The molecular weight excluding hydrogens is 338 g/mol. The molecule has 6 heteroatoms. The van der Waals surface area contributed by atoms with Crippen LogP contribution in [-0.2, 0) is 0 Å². The average molecular weight is 353 g/mol. The van der Waals surface area contributed by atoms with Crippen LogP contribution in [-0.4, -0.2) is 4.98 Å². The van der Waals surface area contributed by atoms with Gasteiger partial charge in [0.1, 0.15) is 11.9 Å². The van der Waals surface area contributed by atoms with Crippen LogP contribution in [0.5, 0.6) is 5.75 Å². The van der Waals surface area contributed by atoms with Gasteiger partial charge in [0.2, 0.25) is 0 Å². The van der Waals surface area contributed by atoms with Crippen molar-refractivity contribution in [1.82, 2.24) is 4.98 Å². The maximum Gasteiger partial charge on any atom is 0.166 e. The van der Waals surface area contributed by atoms with E-state index in [2.05, 4.69) is 16.8 Å². The molecule has 3 nitrogen and oxygen atoms in total. The van der Waals surface area contributed by atoms with Gasteiger partial charge >= 0.3 is 0 Å². The molecule has 0 aliphatic heterocycles. The van der Waals surface area contributed by atoms with Gasteiger partial charge in [-0.3, -0.25) is 0 Å². The third-order valence-corrected chi connectivity index (χ3v) is 3.79. The smallest absolute Gasteiger partial charge is 0.166 e. The Morgan fingerprint density at radius 3 is 2.83 bits per heavy atom. The van der Waals surface area contributed by atoms with E-state index in [0.29, 0.717) is 21.9 Å². The standard InChI is InChI=1S/C17H15Cl2FN2O/c1-3-4-5-11-8-14(17(21)22-9-11)23-10(2)15-12(18)6-7-13(20)16(15)19/h6-10H,3H2,1-2H3,(H2,21,22)/t10-/m1/s1. The number of rotatable bonds is 3. The molecule has 0 bridgehead atoms. The fraction of sp³-hybridized carbons (Fsp3) is 0.235. The van der Waals surface area contributed by atoms with Gasteiger partial charge in [0, 0.05) is 34.8 Å². The minimum atomic E-state index is -0.607. The van der Waals surface area contributed by atoms with Gasteiger partial charge in [0.15, 0.2) is 11.6 Å². The van der Waals surface area contributed by atoms with E-state index in [0.717, 1.165) is 6.42 Å². The molecular formula is C17H15Cl2FN2O. The molecule has 1 heterocycles. The number of pyridine rings is 1. The van der Waals surface area contributed by atoms with Crippen LogP contribution < -0.4 is 10.5 Å². The molecule has 23 heavy (non-hydrogen) atoms. The first-order valence-corrected chi connectivity index (χ1v) is 7.74. The number of nitrogens with two attached hydrogens (primary N) is 1. The molecule has 0 amide bonds. The van der Waals surface area contributed by atoms with Crippen LogP contribution in [0.1, 0.15) is 37.5 Å². The van der Waals surface area contributed by atoms with E-state index >= 15 is 0 Å². The fourth-order valence-corrected chi connectivity index (χ4v) is 2.65. The van der Waals surface area contributed by atoms with E-state index in [1.54, 1.807) is 19.2 Å². The zero-order valence-corrected chi connectivity index (χ0v) is 14.2. The van der Waals surface area contributed by atoms with Gasteiger partial charge in [-0.1, -0.05) is 42.0 Å². The molecule has 1 aromatic heterocycles. The lowest BCUT2D eigenvalue weighted by atomic mass is 10.1. The first-order chi connectivity index (χ1) is 10.9. The van der Waals surface area contributed by atoms with Crippen LogP contribution in [0.2, 0.25) is 10.0 Å². The van der Waals surface area contributed by atoms with Gasteiger partial charge in [-0.05, 0) is 19.1 Å². The third-order valence-electron chi connectivity index (χ3n) is 3.08. The Labute approximate surface area is 144 Å². The fourth-order valence-electron chi connectivity index (χ4n) is 1.97. The molecule has 0 aliphatic rings. The molecule has 120 valence electrons. The van der Waals surface area contributed by atoms with E-state index in [9.17, 15) is 4.39 Å². The van der Waals surface area contributed by atoms with Gasteiger partial charge in [-0.2, -0.15) is 0 Å². The molecule has 0 saturated heterocycles. The number of halogens is 3. The molecule has 2 N–H and O–H groups in total. The number of anilines is 1. The van der Waals surface area contributed by atoms with Gasteiger partial charge < -0.3 is 10.5 Å². The monoisotopic (exact) mass is 352 g/mol. The van der Waals surface area contributed by atoms with Crippen LogP contribution >= 0.6 is 23.2 Å². The number of aromatic nitrogens is 1. The Hall–Kier alpha value is -1.96. The Kier molecular flexibility index (Phi) is 5.70. The van der Waals surface area contributed by atoms with E-state index < -0.39 is 11.9 Å². The van der Waals surface area contributed by atoms with Crippen LogP contribution in [0.15, 0.2) is 24.4 Å². The van der Waals surface area contributed by atoms with Gasteiger partial charge in [0.05, 0.1) is 5.02 Å². The average Bonchev–Trinajstić information content (AvgIpc) is 2.52. The van der Waals surface area contributed by atoms with Gasteiger partial charge in [-0.25, -0.2) is 9.37 Å². The van der Waals surface area contributed by atoms with Crippen molar-refractivity contribution in [2.45, 2.75) is 26.4 Å². The molecule has 0 spiro atoms. The third kappa shape index (κ3) is 4.07. The Morgan fingerprint density at radius 1 is 1.39 bits per heavy atom. The first kappa shape index (κ1) is 17.4. The summed E-state index contributed by atoms with van der Waals surface area (Å²) in [6, 6.07) is 4.32. The normalized spacial score (nSPS) is 11.5. The summed E-state index contributed by atoms with van der Waals surface area (Å²) in [6.07, 6.45) is 1.69. The summed E-state index contributed by atoms with van der Waals surface area (Å²) in [5.74, 6) is 5.89. The Balaban J connectivity index is 2.34. The van der Waals surface area contributed by atoms with Crippen molar-refractivity contribution in [2.24, 2.45) is 0 Å². The molecule has 2 rings (SSSR count). The van der Waals surface area contributed by atoms with Gasteiger partial charge in [0.25, 0.3) is 0 Å². The number of hydrogen-bond acceptors (Lipinski definition) is 3. The lowest BCUT2D eigenvalue weighted by Gasteiger charge is -2.18. The minimum Gasteiger partial charge on any atom is -0.482 e. The quantitative estimate of drug-likeness (QED) is 0.623. The van der Waals surface area contributed by atoms with Crippen molar-refractivity contribution in [1.29, 1.82) is 0 Å². The van der Waals surface area contributed by atoms with Crippen LogP contribution in [0.3, 0.4) is 0 Å². The number of ether oxygens (including phenoxy) is 1. The maximum atomic E-state index is 13.6. The van der Waals surface area contributed by atoms with E-state index in [1.165, 1.54) is 12.1 Å². The second kappa shape index (κ2) is 7.54. The summed E-state index contributed by atoms with van der Waals surface area (Å²) in [4.78, 5) is 4.05. The summed E-state index contributed by atoms with van der Waals surface area (Å²) in [5, 5.41) is 0.246. The Bertz CT molecular complexity index is 784. The zero-order valence-electron chi connectivity index (χ0n) is 12.7. The molecule has 2 aromatic rings. The lowest BCUT2D eigenvalue weighted by molar-refractivity contribution is 0.227. The SMILES string of the molecule is CCC#Cc1cnc(N)c(O[C@H](C)c2c(Cl)ccc(F)c2Cl)c1. The van der Waals surface area contributed by atoms with Crippen LogP contribution in [0.4, 0.5) is 10.2 Å². The molecule has 1 atom stereocenters. The van der Waals surface area contributed by atoms with Crippen molar-refractivity contribution in [3.8, 4) is 17.6 Å². The second-order valence-electron chi connectivity index (χ2n) is 4.78. The maximum absolute atomic E-state index is 13.6. The molecule has 1 aromatic carbocycles. The van der Waals surface area contributed by atoms with Crippen molar-refractivity contribution >= 4 is 29.0 Å². The van der Waals surface area contributed by atoms with Crippen molar-refractivity contribution in [3.05, 3.63) is 51.4 Å². The molecule has 0 fully saturated rings. The topological polar surface area (TPSA) is 48.1 Å². The van der Waals surface area contributed by atoms with Crippen LogP contribution in [0, 0.1) is 17.7 Å². The van der Waals surface area contributed by atoms with E-state index in [4.69, 9.17) is 33.7 Å². The number of benzene rings is 1. The highest BCUT2D eigenvalue weighted by Gasteiger charge is 2.19. The summed E-state index contributed by atoms with van der Waals surface area (Å²) >= 11 is 12.1. The molecule has 0 radical (unpaired) electrons. The summed E-state index contributed by atoms with van der Waals surface area (Å²) in [6.45, 7) is 3.65. The van der Waals surface area contributed by atoms with Crippen molar-refractivity contribution in [2.75, 3.05) is 5.73 Å². The summed E-state index contributed by atoms with van der Waals surface area (Å²) in [7, 11) is 0. The molecule has 0 saturated carbocycles. The summed E-state index contributed by atoms with van der Waals surface area (Å²) < 4.78 is 19.4. The molecule has 0 aliphatic carbocycles. The van der Waals surface area contributed by atoms with E-state index in [1.807, 2.05) is 6.92 Å². The van der Waals surface area contributed by atoms with Crippen molar-refractivity contribution < 1.29 is 9.13 Å². The highest BCUT2D eigenvalue weighted by molar-refractivity contribution is 6.36. The first-order valence-electron chi connectivity index (χ1n) is 6.98. The Morgan fingerprint density at radius 2 is 2.13 bits per heavy atom. The van der Waals surface area contributed by atoms with E-state index in [-0.39, 0.29) is 10.8 Å².